The van der Waals surface area contributed by atoms with Gasteiger partial charge in [-0.25, -0.2) is 5.48 Å². The van der Waals surface area contributed by atoms with Crippen molar-refractivity contribution < 1.29 is 24.6 Å². The largest absolute Gasteiger partial charge is 0.391 e. The molecular formula is C26H35N5O5. The zero-order chi connectivity index (χ0) is 25.5. The maximum absolute atomic E-state index is 12.5. The lowest BCUT2D eigenvalue weighted by molar-refractivity contribution is -0.133. The Labute approximate surface area is 211 Å². The molecule has 2 atom stereocenters. The first-order chi connectivity index (χ1) is 17.4. The minimum atomic E-state index is -1.25. The highest BCUT2D eigenvalue weighted by Gasteiger charge is 2.26. The number of amides is 2. The van der Waals surface area contributed by atoms with E-state index in [4.69, 9.17) is 9.94 Å². The maximum atomic E-state index is 12.5. The number of hydrogen-bond acceptors (Lipinski definition) is 8. The minimum absolute atomic E-state index is 0.367. The number of rotatable bonds is 8. The smallest absolute Gasteiger partial charge is 0.268 e. The fourth-order valence-electron chi connectivity index (χ4n) is 4.58. The van der Waals surface area contributed by atoms with Crippen LogP contribution in [0.15, 0.2) is 48.5 Å². The summed E-state index contributed by atoms with van der Waals surface area (Å²) in [5.74, 6) is -1.38. The molecule has 2 heterocycles. The van der Waals surface area contributed by atoms with Gasteiger partial charge < -0.3 is 25.0 Å². The number of carbonyl (C=O) groups excluding carboxylic acids is 2. The standard InChI is InChI=1S/C26H35N5O5/c1-19(32)24(26(34)28-35)27-25(33)21-4-8-23(9-5-21)31-12-10-30(11-13-31)22-6-2-20(3-7-22)18-29-14-16-36-17-15-29/h2-9,19,24,32,35H,10-18H2,1H3,(H,27,33)(H,28,34). The average Bonchev–Trinajstić information content (AvgIpc) is 2.92. The number of aliphatic hydroxyl groups excluding tert-OH is 1. The summed E-state index contributed by atoms with van der Waals surface area (Å²) in [6.45, 7) is 9.44. The highest BCUT2D eigenvalue weighted by molar-refractivity contribution is 5.97. The molecule has 0 saturated carbocycles. The Morgan fingerprint density at radius 3 is 1.92 bits per heavy atom. The lowest BCUT2D eigenvalue weighted by atomic mass is 10.1. The lowest BCUT2D eigenvalue weighted by Gasteiger charge is -2.37. The van der Waals surface area contributed by atoms with E-state index >= 15 is 0 Å². The minimum Gasteiger partial charge on any atom is -0.391 e. The van der Waals surface area contributed by atoms with Crippen LogP contribution >= 0.6 is 0 Å². The third-order valence-electron chi connectivity index (χ3n) is 6.75. The van der Waals surface area contributed by atoms with Crippen molar-refractivity contribution in [2.75, 3.05) is 62.3 Å². The lowest BCUT2D eigenvalue weighted by Crippen LogP contribution is -2.51. The van der Waals surface area contributed by atoms with Crippen molar-refractivity contribution in [1.82, 2.24) is 15.7 Å². The highest BCUT2D eigenvalue weighted by Crippen LogP contribution is 2.22. The Morgan fingerprint density at radius 1 is 0.889 bits per heavy atom. The van der Waals surface area contributed by atoms with Gasteiger partial charge in [-0.3, -0.25) is 19.7 Å². The molecule has 0 bridgehead atoms. The first-order valence-corrected chi connectivity index (χ1v) is 12.4. The average molecular weight is 498 g/mol. The number of morpholine rings is 1. The first kappa shape index (κ1) is 25.9. The second kappa shape index (κ2) is 12.2. The van der Waals surface area contributed by atoms with Crippen LogP contribution in [0.4, 0.5) is 11.4 Å². The second-order valence-electron chi connectivity index (χ2n) is 9.24. The van der Waals surface area contributed by atoms with Gasteiger partial charge in [0.2, 0.25) is 0 Å². The van der Waals surface area contributed by atoms with Crippen LogP contribution in [0.3, 0.4) is 0 Å². The molecule has 2 unspecified atom stereocenters. The summed E-state index contributed by atoms with van der Waals surface area (Å²) in [5.41, 5.74) is 5.39. The van der Waals surface area contributed by atoms with Crippen molar-refractivity contribution in [3.8, 4) is 0 Å². The number of hydroxylamine groups is 1. The quantitative estimate of drug-likeness (QED) is 0.313. The van der Waals surface area contributed by atoms with Gasteiger partial charge in [-0.05, 0) is 48.9 Å². The number of nitrogens with one attached hydrogen (secondary N) is 2. The van der Waals surface area contributed by atoms with Crippen LogP contribution in [-0.2, 0) is 16.1 Å². The van der Waals surface area contributed by atoms with Crippen molar-refractivity contribution in [2.45, 2.75) is 25.6 Å². The maximum Gasteiger partial charge on any atom is 0.268 e. The zero-order valence-electron chi connectivity index (χ0n) is 20.6. The molecule has 0 aliphatic carbocycles. The summed E-state index contributed by atoms with van der Waals surface area (Å²) in [7, 11) is 0. The van der Waals surface area contributed by atoms with E-state index < -0.39 is 24.0 Å². The number of hydrogen-bond donors (Lipinski definition) is 4. The zero-order valence-corrected chi connectivity index (χ0v) is 20.6. The normalized spacial score (nSPS) is 18.4. The van der Waals surface area contributed by atoms with Gasteiger partial charge in [-0.2, -0.15) is 0 Å². The van der Waals surface area contributed by atoms with E-state index in [-0.39, 0.29) is 0 Å². The monoisotopic (exact) mass is 497 g/mol. The third kappa shape index (κ3) is 6.52. The molecule has 2 saturated heterocycles. The molecule has 0 spiro atoms. The molecule has 10 heteroatoms. The molecule has 2 fully saturated rings. The predicted molar refractivity (Wildman–Crippen MR) is 136 cm³/mol. The van der Waals surface area contributed by atoms with Gasteiger partial charge in [0.15, 0.2) is 0 Å². The molecule has 2 aliphatic rings. The van der Waals surface area contributed by atoms with Crippen LogP contribution in [-0.4, -0.2) is 91.7 Å². The van der Waals surface area contributed by atoms with Crippen molar-refractivity contribution in [1.29, 1.82) is 0 Å². The number of nitrogens with zero attached hydrogens (tertiary/aromatic N) is 3. The van der Waals surface area contributed by atoms with Crippen LogP contribution in [0, 0.1) is 0 Å². The molecule has 0 radical (unpaired) electrons. The molecule has 2 aliphatic heterocycles. The van der Waals surface area contributed by atoms with E-state index in [2.05, 4.69) is 44.3 Å². The summed E-state index contributed by atoms with van der Waals surface area (Å²) >= 11 is 0. The Morgan fingerprint density at radius 2 is 1.42 bits per heavy atom. The van der Waals surface area contributed by atoms with Gasteiger partial charge in [0.05, 0.1) is 19.3 Å². The van der Waals surface area contributed by atoms with Gasteiger partial charge in [-0.15, -0.1) is 0 Å². The molecule has 36 heavy (non-hydrogen) atoms. The Hall–Kier alpha value is -3.18. The van der Waals surface area contributed by atoms with E-state index in [9.17, 15) is 14.7 Å². The van der Waals surface area contributed by atoms with Crippen molar-refractivity contribution in [3.05, 3.63) is 59.7 Å². The van der Waals surface area contributed by atoms with Gasteiger partial charge in [-0.1, -0.05) is 12.1 Å². The van der Waals surface area contributed by atoms with Crippen LogP contribution in [0.5, 0.6) is 0 Å². The van der Waals surface area contributed by atoms with Crippen LogP contribution < -0.4 is 20.6 Å². The highest BCUT2D eigenvalue weighted by atomic mass is 16.5. The number of benzene rings is 2. The number of piperazine rings is 1. The summed E-state index contributed by atoms with van der Waals surface area (Å²) in [6, 6.07) is 14.8. The van der Waals surface area contributed by atoms with Crippen LogP contribution in [0.2, 0.25) is 0 Å². The SMILES string of the molecule is CC(O)C(NC(=O)c1ccc(N2CCN(c3ccc(CN4CCOCC4)cc3)CC2)cc1)C(=O)NO. The van der Waals surface area contributed by atoms with Gasteiger partial charge in [0.1, 0.15) is 6.04 Å². The Bertz CT molecular complexity index is 1000. The number of anilines is 2. The predicted octanol–water partition coefficient (Wildman–Crippen LogP) is 0.830. The van der Waals surface area contributed by atoms with Gasteiger partial charge in [0.25, 0.3) is 11.8 Å². The molecule has 2 aromatic carbocycles. The van der Waals surface area contributed by atoms with Crippen molar-refractivity contribution in [2.24, 2.45) is 0 Å². The molecule has 2 aromatic rings. The number of carbonyl (C=O) groups is 2. The second-order valence-corrected chi connectivity index (χ2v) is 9.24. The summed E-state index contributed by atoms with van der Waals surface area (Å²) in [5, 5.41) is 21.0. The van der Waals surface area contributed by atoms with Crippen LogP contribution in [0.25, 0.3) is 0 Å². The molecular weight excluding hydrogens is 462 g/mol. The number of ether oxygens (including phenoxy) is 1. The van der Waals surface area contributed by atoms with Crippen molar-refractivity contribution >= 4 is 23.2 Å². The van der Waals surface area contributed by atoms with E-state index in [1.807, 2.05) is 12.1 Å². The Balaban J connectivity index is 1.28. The first-order valence-electron chi connectivity index (χ1n) is 12.4. The van der Waals surface area contributed by atoms with E-state index in [0.717, 1.165) is 64.7 Å². The van der Waals surface area contributed by atoms with E-state index in [1.165, 1.54) is 23.7 Å². The molecule has 4 rings (SSSR count). The van der Waals surface area contributed by atoms with Crippen molar-refractivity contribution in [3.63, 3.8) is 0 Å². The summed E-state index contributed by atoms with van der Waals surface area (Å²) < 4.78 is 5.43. The molecule has 0 aromatic heterocycles. The number of aliphatic hydroxyl groups is 1. The van der Waals surface area contributed by atoms with Crippen LogP contribution in [0.1, 0.15) is 22.8 Å². The fraction of sp³-hybridized carbons (Fsp3) is 0.462. The molecule has 2 amide bonds. The van der Waals surface area contributed by atoms with Gasteiger partial charge in [0, 0.05) is 62.8 Å². The topological polar surface area (TPSA) is 118 Å². The third-order valence-corrected chi connectivity index (χ3v) is 6.75. The molecule has 10 nitrogen and oxygen atoms in total. The van der Waals surface area contributed by atoms with E-state index in [0.29, 0.717) is 5.56 Å². The molecule has 194 valence electrons. The summed E-state index contributed by atoms with van der Waals surface area (Å²) in [4.78, 5) is 31.2. The van der Waals surface area contributed by atoms with Gasteiger partial charge >= 0.3 is 0 Å². The Kier molecular flexibility index (Phi) is 8.76. The fourth-order valence-corrected chi connectivity index (χ4v) is 4.58. The summed E-state index contributed by atoms with van der Waals surface area (Å²) in [6.07, 6.45) is -1.15. The van der Waals surface area contributed by atoms with E-state index in [1.54, 1.807) is 12.1 Å². The molecule has 4 N–H and O–H groups in total.